The van der Waals surface area contributed by atoms with Gasteiger partial charge in [0.2, 0.25) is 5.91 Å². The zero-order valence-electron chi connectivity index (χ0n) is 19.8. The molecule has 0 bridgehead atoms. The molecule has 35 heavy (non-hydrogen) atoms. The number of anilines is 1. The van der Waals surface area contributed by atoms with Crippen molar-refractivity contribution < 1.29 is 22.7 Å². The fourth-order valence-electron chi connectivity index (χ4n) is 3.78. The SMILES string of the molecule is CCN(CC)CCN(C(=O)CCS(=O)(=O)c1ccccc1)c1nc2cc3c(cc2s1)OCCO3.Cl. The lowest BCUT2D eigenvalue weighted by Crippen LogP contribution is -2.39. The van der Waals surface area contributed by atoms with Gasteiger partial charge in [-0.3, -0.25) is 9.69 Å². The van der Waals surface area contributed by atoms with Gasteiger partial charge in [-0.2, -0.15) is 0 Å². The highest BCUT2D eigenvalue weighted by Crippen LogP contribution is 2.38. The lowest BCUT2D eigenvalue weighted by Gasteiger charge is -2.24. The molecule has 11 heteroatoms. The maximum atomic E-state index is 13.3. The molecule has 0 spiro atoms. The van der Waals surface area contributed by atoms with Crippen LogP contribution in [0.2, 0.25) is 0 Å². The van der Waals surface area contributed by atoms with E-state index in [9.17, 15) is 13.2 Å². The molecule has 4 rings (SSSR count). The lowest BCUT2D eigenvalue weighted by atomic mass is 10.3. The lowest BCUT2D eigenvalue weighted by molar-refractivity contribution is -0.118. The third-order valence-electron chi connectivity index (χ3n) is 5.79. The zero-order chi connectivity index (χ0) is 24.1. The first-order valence-corrected chi connectivity index (χ1v) is 13.9. The minimum Gasteiger partial charge on any atom is -0.486 e. The van der Waals surface area contributed by atoms with E-state index in [1.165, 1.54) is 11.3 Å². The van der Waals surface area contributed by atoms with Crippen molar-refractivity contribution >= 4 is 54.8 Å². The van der Waals surface area contributed by atoms with E-state index in [0.717, 1.165) is 23.3 Å². The number of ether oxygens (including phenoxy) is 2. The summed E-state index contributed by atoms with van der Waals surface area (Å²) in [5.41, 5.74) is 0.724. The number of carbonyl (C=O) groups excluding carboxylic acids is 1. The van der Waals surface area contributed by atoms with Crippen LogP contribution in [0.5, 0.6) is 11.5 Å². The number of carbonyl (C=O) groups is 1. The first-order chi connectivity index (χ1) is 16.4. The Bertz CT molecular complexity index is 1200. The molecule has 0 saturated heterocycles. The second-order valence-corrected chi connectivity index (χ2v) is 11.0. The Morgan fingerprint density at radius 2 is 1.69 bits per heavy atom. The van der Waals surface area contributed by atoms with Gasteiger partial charge in [-0.15, -0.1) is 12.4 Å². The minimum absolute atomic E-state index is 0. The number of sulfone groups is 1. The summed E-state index contributed by atoms with van der Waals surface area (Å²) in [6.45, 7) is 7.95. The van der Waals surface area contributed by atoms with E-state index in [-0.39, 0.29) is 35.4 Å². The minimum atomic E-state index is -3.56. The topological polar surface area (TPSA) is 89.0 Å². The van der Waals surface area contributed by atoms with Crippen LogP contribution < -0.4 is 14.4 Å². The molecule has 0 saturated carbocycles. The van der Waals surface area contributed by atoms with Crippen LogP contribution >= 0.6 is 23.7 Å². The van der Waals surface area contributed by atoms with Gasteiger partial charge >= 0.3 is 0 Å². The number of aromatic nitrogens is 1. The Kier molecular flexibility index (Phi) is 9.34. The number of rotatable bonds is 10. The summed E-state index contributed by atoms with van der Waals surface area (Å²) in [5, 5.41) is 0.548. The number of hydrogen-bond donors (Lipinski definition) is 0. The highest BCUT2D eigenvalue weighted by molar-refractivity contribution is 7.91. The van der Waals surface area contributed by atoms with E-state index >= 15 is 0 Å². The second-order valence-electron chi connectivity index (χ2n) is 7.91. The quantitative estimate of drug-likeness (QED) is 0.384. The van der Waals surface area contributed by atoms with Gasteiger partial charge in [0.25, 0.3) is 0 Å². The van der Waals surface area contributed by atoms with Crippen LogP contribution in [0.25, 0.3) is 10.2 Å². The van der Waals surface area contributed by atoms with Crippen molar-refractivity contribution in [3.63, 3.8) is 0 Å². The third kappa shape index (κ3) is 6.43. The van der Waals surface area contributed by atoms with Gasteiger partial charge in [0.1, 0.15) is 13.2 Å². The molecule has 2 aromatic carbocycles. The van der Waals surface area contributed by atoms with E-state index in [1.807, 2.05) is 12.1 Å². The average molecular weight is 540 g/mol. The van der Waals surface area contributed by atoms with Crippen LogP contribution in [0.3, 0.4) is 0 Å². The van der Waals surface area contributed by atoms with Crippen LogP contribution in [0.1, 0.15) is 20.3 Å². The molecule has 3 aromatic rings. The molecule has 0 aliphatic carbocycles. The number of benzene rings is 2. The van der Waals surface area contributed by atoms with Gasteiger partial charge in [0.05, 0.1) is 20.9 Å². The Balaban J connectivity index is 0.00000342. The molecular formula is C24H30ClN3O5S2. The van der Waals surface area contributed by atoms with Crippen LogP contribution in [0, 0.1) is 0 Å². The van der Waals surface area contributed by atoms with Crippen LogP contribution in [0.4, 0.5) is 5.13 Å². The van der Waals surface area contributed by atoms with Crippen molar-refractivity contribution in [1.82, 2.24) is 9.88 Å². The molecule has 1 aliphatic heterocycles. The van der Waals surface area contributed by atoms with Crippen LogP contribution in [-0.2, 0) is 14.6 Å². The largest absolute Gasteiger partial charge is 0.486 e. The van der Waals surface area contributed by atoms with E-state index in [4.69, 9.17) is 14.5 Å². The second kappa shape index (κ2) is 12.0. The molecule has 8 nitrogen and oxygen atoms in total. The van der Waals surface area contributed by atoms with E-state index < -0.39 is 9.84 Å². The predicted octanol–water partition coefficient (Wildman–Crippen LogP) is 4.03. The summed E-state index contributed by atoms with van der Waals surface area (Å²) < 4.78 is 37.7. The number of likely N-dealkylation sites (N-methyl/N-ethyl adjacent to an activating group) is 1. The smallest absolute Gasteiger partial charge is 0.229 e. The highest BCUT2D eigenvalue weighted by Gasteiger charge is 2.24. The Labute approximate surface area is 216 Å². The first-order valence-electron chi connectivity index (χ1n) is 11.4. The maximum absolute atomic E-state index is 13.3. The van der Waals surface area contributed by atoms with E-state index in [0.29, 0.717) is 42.9 Å². The Morgan fingerprint density at radius 1 is 1.03 bits per heavy atom. The first kappa shape index (κ1) is 27.2. The monoisotopic (exact) mass is 539 g/mol. The fraction of sp³-hybridized carbons (Fsp3) is 0.417. The van der Waals surface area contributed by atoms with Crippen molar-refractivity contribution in [2.75, 3.05) is 50.0 Å². The molecule has 0 fully saturated rings. The van der Waals surface area contributed by atoms with Crippen molar-refractivity contribution in [2.45, 2.75) is 25.2 Å². The molecule has 190 valence electrons. The molecule has 1 aliphatic rings. The summed E-state index contributed by atoms with van der Waals surface area (Å²) in [5.74, 6) is 0.802. The Morgan fingerprint density at radius 3 is 2.34 bits per heavy atom. The molecule has 0 N–H and O–H groups in total. The van der Waals surface area contributed by atoms with Crippen LogP contribution in [0.15, 0.2) is 47.4 Å². The molecule has 1 aromatic heterocycles. The number of thiazole rings is 1. The number of nitrogens with zero attached hydrogens (tertiary/aromatic N) is 3. The van der Waals surface area contributed by atoms with Crippen molar-refractivity contribution in [2.24, 2.45) is 0 Å². The third-order valence-corrected chi connectivity index (χ3v) is 8.57. The van der Waals surface area contributed by atoms with Gasteiger partial charge < -0.3 is 14.4 Å². The molecule has 2 heterocycles. The van der Waals surface area contributed by atoms with Crippen molar-refractivity contribution in [1.29, 1.82) is 0 Å². The van der Waals surface area contributed by atoms with Gasteiger partial charge in [-0.05, 0) is 25.2 Å². The van der Waals surface area contributed by atoms with Gasteiger partial charge in [0.15, 0.2) is 26.5 Å². The van der Waals surface area contributed by atoms with Crippen molar-refractivity contribution in [3.8, 4) is 11.5 Å². The molecule has 0 radical (unpaired) electrons. The normalized spacial score (nSPS) is 13.0. The number of amides is 1. The van der Waals surface area contributed by atoms with Crippen LogP contribution in [-0.4, -0.2) is 69.4 Å². The molecule has 0 unspecified atom stereocenters. The summed E-state index contributed by atoms with van der Waals surface area (Å²) in [6, 6.07) is 11.9. The Hall–Kier alpha value is -2.40. The summed E-state index contributed by atoms with van der Waals surface area (Å²) >= 11 is 1.39. The maximum Gasteiger partial charge on any atom is 0.229 e. The summed E-state index contributed by atoms with van der Waals surface area (Å²) in [7, 11) is -3.56. The van der Waals surface area contributed by atoms with Gasteiger partial charge in [-0.25, -0.2) is 13.4 Å². The zero-order valence-corrected chi connectivity index (χ0v) is 22.3. The molecule has 0 atom stereocenters. The van der Waals surface area contributed by atoms with E-state index in [2.05, 4.69) is 18.7 Å². The fourth-order valence-corrected chi connectivity index (χ4v) is 6.05. The number of halogens is 1. The number of hydrogen-bond acceptors (Lipinski definition) is 8. The summed E-state index contributed by atoms with van der Waals surface area (Å²) in [6.07, 6.45) is -0.117. The van der Waals surface area contributed by atoms with Crippen molar-refractivity contribution in [3.05, 3.63) is 42.5 Å². The highest BCUT2D eigenvalue weighted by atomic mass is 35.5. The molecular weight excluding hydrogens is 510 g/mol. The summed E-state index contributed by atoms with van der Waals surface area (Å²) in [4.78, 5) is 22.1. The van der Waals surface area contributed by atoms with Gasteiger partial charge in [-0.1, -0.05) is 43.4 Å². The standard InChI is InChI=1S/C24H29N3O5S2.ClH/c1-3-26(4-2)11-12-27(23(28)10-15-34(29,30)18-8-6-5-7-9-18)24-25-19-16-20-21(17-22(19)33-24)32-14-13-31-20;/h5-9,16-17H,3-4,10-15H2,1-2H3;1H. The number of fused-ring (bicyclic) bond motifs is 2. The molecule has 1 amide bonds. The van der Waals surface area contributed by atoms with E-state index in [1.54, 1.807) is 35.2 Å². The average Bonchev–Trinajstić information content (AvgIpc) is 3.26. The predicted molar refractivity (Wildman–Crippen MR) is 141 cm³/mol. The van der Waals surface area contributed by atoms with Gasteiger partial charge in [0, 0.05) is 31.6 Å².